The first-order chi connectivity index (χ1) is 11.5. The molecule has 7 heteroatoms. The first-order valence-electron chi connectivity index (χ1n) is 8.79. The van der Waals surface area contributed by atoms with Crippen molar-refractivity contribution in [1.82, 2.24) is 5.32 Å². The molecule has 3 rings (SSSR count). The van der Waals surface area contributed by atoms with Gasteiger partial charge >= 0.3 is 0 Å². The fourth-order valence-electron chi connectivity index (χ4n) is 3.61. The summed E-state index contributed by atoms with van der Waals surface area (Å²) in [6.07, 6.45) is 5.23. The van der Waals surface area contributed by atoms with Crippen molar-refractivity contribution in [1.29, 1.82) is 0 Å². The number of hydrogen-bond donors (Lipinski definition) is 4. The fraction of sp³-hybridized carbons (Fsp3) is 0.778. The van der Waals surface area contributed by atoms with Gasteiger partial charge in [0.1, 0.15) is 18.3 Å². The summed E-state index contributed by atoms with van der Waals surface area (Å²) in [6, 6.07) is -0.673. The minimum absolute atomic E-state index is 0.264. The molecule has 0 aromatic carbocycles. The molecule has 0 aromatic heterocycles. The van der Waals surface area contributed by atoms with E-state index in [0.717, 1.165) is 0 Å². The molecule has 0 saturated carbocycles. The van der Waals surface area contributed by atoms with E-state index in [2.05, 4.69) is 5.32 Å². The van der Waals surface area contributed by atoms with Crippen LogP contribution in [0.1, 0.15) is 34.1 Å². The van der Waals surface area contributed by atoms with Crippen LogP contribution in [-0.4, -0.2) is 69.5 Å². The molecule has 2 aliphatic carbocycles. The second-order valence-electron chi connectivity index (χ2n) is 7.95. The minimum Gasteiger partial charge on any atom is -0.391 e. The van der Waals surface area contributed by atoms with Crippen molar-refractivity contribution in [3.05, 3.63) is 24.3 Å². The molecule has 1 heterocycles. The molecule has 142 valence electrons. The van der Waals surface area contributed by atoms with Crippen LogP contribution in [0.25, 0.3) is 0 Å². The van der Waals surface area contributed by atoms with Gasteiger partial charge in [0.25, 0.3) is 0 Å². The Morgan fingerprint density at radius 1 is 1.08 bits per heavy atom. The number of aliphatic hydroxyl groups excluding tert-OH is 2. The van der Waals surface area contributed by atoms with Gasteiger partial charge in [-0.3, -0.25) is 5.32 Å². The van der Waals surface area contributed by atoms with Gasteiger partial charge < -0.3 is 29.5 Å². The molecular formula is C18H29NO6. The first kappa shape index (κ1) is 19.0. The van der Waals surface area contributed by atoms with Crippen molar-refractivity contribution < 1.29 is 29.5 Å². The van der Waals surface area contributed by atoms with Gasteiger partial charge in [0.2, 0.25) is 0 Å². The van der Waals surface area contributed by atoms with Crippen molar-refractivity contribution in [2.24, 2.45) is 0 Å². The number of nitrogens with one attached hydrogen (secondary N) is 1. The molecule has 3 aliphatic rings. The lowest BCUT2D eigenvalue weighted by atomic mass is 9.91. The Bertz CT molecular complexity index is 540. The van der Waals surface area contributed by atoms with Crippen LogP contribution in [0.3, 0.4) is 0 Å². The average Bonchev–Trinajstić information content (AvgIpc) is 2.78. The predicted molar refractivity (Wildman–Crippen MR) is 90.6 cm³/mol. The molecule has 0 unspecified atom stereocenters. The zero-order valence-electron chi connectivity index (χ0n) is 15.1. The molecule has 1 saturated heterocycles. The van der Waals surface area contributed by atoms with Gasteiger partial charge in [0.15, 0.2) is 11.6 Å². The van der Waals surface area contributed by atoms with Gasteiger partial charge in [-0.05, 0) is 27.7 Å². The smallest absolute Gasteiger partial charge is 0.164 e. The molecule has 0 spiro atoms. The lowest BCUT2D eigenvalue weighted by Crippen LogP contribution is -2.56. The molecular weight excluding hydrogens is 326 g/mol. The van der Waals surface area contributed by atoms with Crippen LogP contribution in [0.5, 0.6) is 0 Å². The van der Waals surface area contributed by atoms with Gasteiger partial charge in [0.05, 0.1) is 24.3 Å². The average molecular weight is 355 g/mol. The highest BCUT2D eigenvalue weighted by Crippen LogP contribution is 2.34. The molecule has 0 amide bonds. The standard InChI is InChI=1S/C18H29NO6/c1-17(2,22)23-10-5-6-11(13(20)9-10)19-12-7-8-14-16(15(12)21)25-18(3,4)24-14/h5-8,10-16,19-22H,9H2,1-4H3/t10-,11+,12+,13+,14-,15-,16-/m1/s1. The normalized spacial score (nSPS) is 43.2. The van der Waals surface area contributed by atoms with Gasteiger partial charge in [-0.15, -0.1) is 0 Å². The summed E-state index contributed by atoms with van der Waals surface area (Å²) in [6.45, 7) is 6.76. The number of ether oxygens (including phenoxy) is 3. The number of fused-ring (bicyclic) bond motifs is 1. The van der Waals surface area contributed by atoms with Crippen LogP contribution in [-0.2, 0) is 14.2 Å². The van der Waals surface area contributed by atoms with E-state index < -0.39 is 29.9 Å². The summed E-state index contributed by atoms with van der Waals surface area (Å²) in [4.78, 5) is 0. The second-order valence-corrected chi connectivity index (χ2v) is 7.95. The molecule has 1 aliphatic heterocycles. The molecule has 4 N–H and O–H groups in total. The van der Waals surface area contributed by atoms with E-state index >= 15 is 0 Å². The minimum atomic E-state index is -1.25. The molecule has 0 aromatic rings. The Hall–Kier alpha value is -0.800. The summed E-state index contributed by atoms with van der Waals surface area (Å²) in [5.74, 6) is -1.97. The SMILES string of the molecule is CC(C)(O)O[C@@H]1C=C[C@H](N[C@H]2C=C[C@H]3OC(C)(C)O[C@H]3[C@@H]2O)[C@@H](O)C1. The van der Waals surface area contributed by atoms with E-state index in [1.165, 1.54) is 0 Å². The molecule has 7 nitrogen and oxygen atoms in total. The zero-order valence-corrected chi connectivity index (χ0v) is 15.1. The van der Waals surface area contributed by atoms with E-state index in [1.54, 1.807) is 13.8 Å². The second kappa shape index (κ2) is 6.74. The summed E-state index contributed by atoms with van der Waals surface area (Å²) in [5, 5.41) is 34.0. The summed E-state index contributed by atoms with van der Waals surface area (Å²) < 4.78 is 17.0. The van der Waals surface area contributed by atoms with Crippen LogP contribution < -0.4 is 5.32 Å². The highest BCUT2D eigenvalue weighted by atomic mass is 16.8. The van der Waals surface area contributed by atoms with Crippen LogP contribution in [0.15, 0.2) is 24.3 Å². The van der Waals surface area contributed by atoms with Crippen molar-refractivity contribution in [3.63, 3.8) is 0 Å². The quantitative estimate of drug-likeness (QED) is 0.422. The van der Waals surface area contributed by atoms with E-state index in [1.807, 2.05) is 38.2 Å². The van der Waals surface area contributed by atoms with Gasteiger partial charge in [0, 0.05) is 6.42 Å². The summed E-state index contributed by atoms with van der Waals surface area (Å²) in [7, 11) is 0. The summed E-state index contributed by atoms with van der Waals surface area (Å²) >= 11 is 0. The Kier molecular flexibility index (Phi) is 5.11. The van der Waals surface area contributed by atoms with Crippen molar-refractivity contribution in [3.8, 4) is 0 Å². The summed E-state index contributed by atoms with van der Waals surface area (Å²) in [5.41, 5.74) is 0. The maximum atomic E-state index is 10.6. The number of aliphatic hydroxyl groups is 3. The van der Waals surface area contributed by atoms with Crippen molar-refractivity contribution >= 4 is 0 Å². The predicted octanol–water partition coefficient (Wildman–Crippen LogP) is 0.198. The third-order valence-corrected chi connectivity index (χ3v) is 4.62. The molecule has 0 bridgehead atoms. The maximum absolute atomic E-state index is 10.6. The molecule has 0 radical (unpaired) electrons. The number of rotatable bonds is 4. The third kappa shape index (κ3) is 4.49. The lowest BCUT2D eigenvalue weighted by Gasteiger charge is -2.37. The third-order valence-electron chi connectivity index (χ3n) is 4.62. The lowest BCUT2D eigenvalue weighted by molar-refractivity contribution is -0.200. The molecule has 1 fully saturated rings. The monoisotopic (exact) mass is 355 g/mol. The Morgan fingerprint density at radius 2 is 1.76 bits per heavy atom. The fourth-order valence-corrected chi connectivity index (χ4v) is 3.61. The van der Waals surface area contributed by atoms with Crippen LogP contribution >= 0.6 is 0 Å². The van der Waals surface area contributed by atoms with Gasteiger partial charge in [-0.1, -0.05) is 24.3 Å². The van der Waals surface area contributed by atoms with E-state index in [0.29, 0.717) is 6.42 Å². The first-order valence-corrected chi connectivity index (χ1v) is 8.79. The van der Waals surface area contributed by atoms with Crippen LogP contribution in [0, 0.1) is 0 Å². The van der Waals surface area contributed by atoms with Crippen LogP contribution in [0.4, 0.5) is 0 Å². The van der Waals surface area contributed by atoms with E-state index in [9.17, 15) is 15.3 Å². The van der Waals surface area contributed by atoms with Gasteiger partial charge in [-0.25, -0.2) is 0 Å². The Balaban J connectivity index is 1.62. The zero-order chi connectivity index (χ0) is 18.4. The van der Waals surface area contributed by atoms with E-state index in [4.69, 9.17) is 14.2 Å². The largest absolute Gasteiger partial charge is 0.391 e. The van der Waals surface area contributed by atoms with Crippen molar-refractivity contribution in [2.75, 3.05) is 0 Å². The van der Waals surface area contributed by atoms with Crippen molar-refractivity contribution in [2.45, 2.75) is 88.3 Å². The van der Waals surface area contributed by atoms with E-state index in [-0.39, 0.29) is 24.3 Å². The molecule has 25 heavy (non-hydrogen) atoms. The maximum Gasteiger partial charge on any atom is 0.164 e. The molecule has 7 atom stereocenters. The Morgan fingerprint density at radius 3 is 2.40 bits per heavy atom. The Labute approximate surface area is 148 Å². The highest BCUT2D eigenvalue weighted by Gasteiger charge is 2.48. The topological polar surface area (TPSA) is 100 Å². The number of hydrogen-bond acceptors (Lipinski definition) is 7. The van der Waals surface area contributed by atoms with Gasteiger partial charge in [-0.2, -0.15) is 0 Å². The van der Waals surface area contributed by atoms with Crippen LogP contribution in [0.2, 0.25) is 0 Å². The highest BCUT2D eigenvalue weighted by molar-refractivity contribution is 5.17.